The van der Waals surface area contributed by atoms with Crippen LogP contribution < -0.4 is 10.2 Å². The molecule has 8 heteroatoms. The van der Waals surface area contributed by atoms with Crippen molar-refractivity contribution in [2.45, 2.75) is 19.4 Å². The lowest BCUT2D eigenvalue weighted by molar-refractivity contribution is -0.122. The van der Waals surface area contributed by atoms with E-state index in [2.05, 4.69) is 15.3 Å². The summed E-state index contributed by atoms with van der Waals surface area (Å²) in [5.41, 5.74) is 1.14. The van der Waals surface area contributed by atoms with Crippen molar-refractivity contribution in [1.29, 1.82) is 0 Å². The molecular weight excluding hydrogens is 324 g/mol. The number of fused-ring (bicyclic) bond motifs is 1. The second kappa shape index (κ2) is 7.08. The molecule has 128 valence electrons. The predicted octanol–water partition coefficient (Wildman–Crippen LogP) is 1.40. The minimum Gasteiger partial charge on any atom is -0.451 e. The Bertz CT molecular complexity index is 809. The molecule has 1 N–H and O–H groups in total. The number of hydrogen-bond donors (Lipinski definition) is 1. The number of anilines is 2. The summed E-state index contributed by atoms with van der Waals surface area (Å²) in [7, 11) is 0. The van der Waals surface area contributed by atoms with Gasteiger partial charge in [0.25, 0.3) is 5.91 Å². The number of esters is 1. The van der Waals surface area contributed by atoms with Crippen LogP contribution in [0, 0.1) is 0 Å². The lowest BCUT2D eigenvalue weighted by atomic mass is 10.1. The average molecular weight is 340 g/mol. The third-order valence-corrected chi connectivity index (χ3v) is 3.73. The Balaban J connectivity index is 1.76. The summed E-state index contributed by atoms with van der Waals surface area (Å²) in [5, 5.41) is 2.77. The lowest BCUT2D eigenvalue weighted by Gasteiger charge is -2.27. The fourth-order valence-corrected chi connectivity index (χ4v) is 2.64. The first-order valence-electron chi connectivity index (χ1n) is 7.70. The number of amides is 2. The van der Waals surface area contributed by atoms with E-state index >= 15 is 0 Å². The van der Waals surface area contributed by atoms with Gasteiger partial charge in [0.15, 0.2) is 12.3 Å². The molecule has 0 spiro atoms. The van der Waals surface area contributed by atoms with Crippen LogP contribution in [0.2, 0.25) is 0 Å². The summed E-state index contributed by atoms with van der Waals surface area (Å²) in [6.07, 6.45) is 4.21. The first kappa shape index (κ1) is 16.6. The van der Waals surface area contributed by atoms with E-state index in [1.807, 2.05) is 0 Å². The zero-order chi connectivity index (χ0) is 17.8. The molecule has 25 heavy (non-hydrogen) atoms. The van der Waals surface area contributed by atoms with Gasteiger partial charge in [0, 0.05) is 24.9 Å². The number of para-hydroxylation sites is 2. The number of nitrogens with one attached hydrogen (secondary N) is 1. The number of nitrogens with zero attached hydrogens (tertiary/aromatic N) is 3. The van der Waals surface area contributed by atoms with Gasteiger partial charge < -0.3 is 15.0 Å². The molecule has 1 atom stereocenters. The van der Waals surface area contributed by atoms with Crippen molar-refractivity contribution in [2.24, 2.45) is 0 Å². The maximum atomic E-state index is 12.6. The van der Waals surface area contributed by atoms with Crippen molar-refractivity contribution in [3.05, 3.63) is 48.5 Å². The maximum Gasteiger partial charge on any atom is 0.359 e. The molecule has 2 heterocycles. The first-order valence-corrected chi connectivity index (χ1v) is 7.70. The summed E-state index contributed by atoms with van der Waals surface area (Å²) in [4.78, 5) is 45.6. The standard InChI is InChI=1S/C17H16N4O4/c1-11-8-15(22)20-12-4-2-3-5-14(12)21(11)16(23)10-25-17(24)13-9-18-6-7-19-13/h2-7,9,11H,8,10H2,1H3,(H,20,22)/t11-/m0/s1. The van der Waals surface area contributed by atoms with Gasteiger partial charge in [-0.2, -0.15) is 0 Å². The lowest BCUT2D eigenvalue weighted by Crippen LogP contribution is -2.41. The molecule has 0 saturated heterocycles. The van der Waals surface area contributed by atoms with E-state index in [9.17, 15) is 14.4 Å². The Labute approximate surface area is 143 Å². The Kier molecular flexibility index (Phi) is 4.69. The zero-order valence-corrected chi connectivity index (χ0v) is 13.5. The van der Waals surface area contributed by atoms with Gasteiger partial charge in [-0.3, -0.25) is 14.6 Å². The first-order chi connectivity index (χ1) is 12.1. The molecule has 1 aliphatic rings. The van der Waals surface area contributed by atoms with E-state index in [0.717, 1.165) is 0 Å². The van der Waals surface area contributed by atoms with Crippen LogP contribution >= 0.6 is 0 Å². The van der Waals surface area contributed by atoms with Gasteiger partial charge in [-0.1, -0.05) is 12.1 Å². The number of hydrogen-bond acceptors (Lipinski definition) is 6. The van der Waals surface area contributed by atoms with Crippen molar-refractivity contribution >= 4 is 29.2 Å². The molecule has 0 saturated carbocycles. The largest absolute Gasteiger partial charge is 0.451 e. The third-order valence-electron chi connectivity index (χ3n) is 3.73. The molecule has 0 aliphatic carbocycles. The van der Waals surface area contributed by atoms with Crippen LogP contribution in [0.4, 0.5) is 11.4 Å². The minimum atomic E-state index is -0.730. The summed E-state index contributed by atoms with van der Waals surface area (Å²) in [6, 6.07) is 6.63. The molecule has 1 aromatic carbocycles. The zero-order valence-electron chi connectivity index (χ0n) is 13.5. The average Bonchev–Trinajstić information content (AvgIpc) is 2.74. The third kappa shape index (κ3) is 3.63. The van der Waals surface area contributed by atoms with Crippen molar-refractivity contribution in [1.82, 2.24) is 9.97 Å². The van der Waals surface area contributed by atoms with Crippen LogP contribution in [0.25, 0.3) is 0 Å². The van der Waals surface area contributed by atoms with E-state index < -0.39 is 18.5 Å². The molecule has 8 nitrogen and oxygen atoms in total. The molecule has 0 unspecified atom stereocenters. The maximum absolute atomic E-state index is 12.6. The topological polar surface area (TPSA) is 101 Å². The highest BCUT2D eigenvalue weighted by atomic mass is 16.5. The molecule has 3 rings (SSSR count). The molecule has 0 fully saturated rings. The molecule has 1 aromatic heterocycles. The van der Waals surface area contributed by atoms with Crippen molar-refractivity contribution in [3.8, 4) is 0 Å². The van der Waals surface area contributed by atoms with Gasteiger partial charge in [0.05, 0.1) is 17.6 Å². The highest BCUT2D eigenvalue weighted by Crippen LogP contribution is 2.31. The Morgan fingerprint density at radius 2 is 2.12 bits per heavy atom. The number of rotatable bonds is 3. The molecular formula is C17H16N4O4. The Hall–Kier alpha value is -3.29. The molecule has 2 amide bonds. The highest BCUT2D eigenvalue weighted by Gasteiger charge is 2.30. The number of carbonyl (C=O) groups excluding carboxylic acids is 3. The quantitative estimate of drug-likeness (QED) is 0.848. The van der Waals surface area contributed by atoms with Gasteiger partial charge in [-0.15, -0.1) is 0 Å². The van der Waals surface area contributed by atoms with Crippen molar-refractivity contribution < 1.29 is 19.1 Å². The van der Waals surface area contributed by atoms with Crippen molar-refractivity contribution in [2.75, 3.05) is 16.8 Å². The van der Waals surface area contributed by atoms with Crippen LogP contribution in [-0.4, -0.2) is 40.4 Å². The van der Waals surface area contributed by atoms with E-state index in [-0.39, 0.29) is 24.1 Å². The second-order valence-corrected chi connectivity index (χ2v) is 5.55. The van der Waals surface area contributed by atoms with Gasteiger partial charge >= 0.3 is 5.97 Å². The second-order valence-electron chi connectivity index (χ2n) is 5.55. The molecule has 0 radical (unpaired) electrons. The number of carbonyl (C=O) groups is 3. The van der Waals surface area contributed by atoms with Gasteiger partial charge in [0.2, 0.25) is 5.91 Å². The van der Waals surface area contributed by atoms with Crippen LogP contribution in [0.1, 0.15) is 23.8 Å². The number of benzene rings is 1. The van der Waals surface area contributed by atoms with Crippen LogP contribution in [0.15, 0.2) is 42.9 Å². The van der Waals surface area contributed by atoms with Gasteiger partial charge in [-0.25, -0.2) is 9.78 Å². The summed E-state index contributed by atoms with van der Waals surface area (Å²) in [5.74, 6) is -1.33. The highest BCUT2D eigenvalue weighted by molar-refractivity contribution is 6.05. The summed E-state index contributed by atoms with van der Waals surface area (Å²) >= 11 is 0. The number of ether oxygens (including phenoxy) is 1. The summed E-state index contributed by atoms with van der Waals surface area (Å²) in [6.45, 7) is 1.31. The van der Waals surface area contributed by atoms with Gasteiger partial charge in [0.1, 0.15) is 0 Å². The molecule has 2 aromatic rings. The Morgan fingerprint density at radius 1 is 1.32 bits per heavy atom. The van der Waals surface area contributed by atoms with E-state index in [4.69, 9.17) is 4.74 Å². The van der Waals surface area contributed by atoms with Crippen LogP contribution in [-0.2, 0) is 14.3 Å². The van der Waals surface area contributed by atoms with E-state index in [1.54, 1.807) is 31.2 Å². The van der Waals surface area contributed by atoms with Gasteiger partial charge in [-0.05, 0) is 19.1 Å². The fourth-order valence-electron chi connectivity index (χ4n) is 2.64. The molecule has 0 bridgehead atoms. The van der Waals surface area contributed by atoms with Crippen LogP contribution in [0.3, 0.4) is 0 Å². The van der Waals surface area contributed by atoms with Crippen molar-refractivity contribution in [3.63, 3.8) is 0 Å². The minimum absolute atomic E-state index is 0.0245. The number of aromatic nitrogens is 2. The SMILES string of the molecule is C[C@H]1CC(=O)Nc2ccccc2N1C(=O)COC(=O)c1cnccn1. The molecule has 1 aliphatic heterocycles. The smallest absolute Gasteiger partial charge is 0.359 e. The monoisotopic (exact) mass is 340 g/mol. The van der Waals surface area contributed by atoms with E-state index in [0.29, 0.717) is 11.4 Å². The fraction of sp³-hybridized carbons (Fsp3) is 0.235. The Morgan fingerprint density at radius 3 is 2.88 bits per heavy atom. The predicted molar refractivity (Wildman–Crippen MR) is 89.0 cm³/mol. The summed E-state index contributed by atoms with van der Waals surface area (Å²) < 4.78 is 5.04. The van der Waals surface area contributed by atoms with E-state index in [1.165, 1.54) is 23.5 Å². The van der Waals surface area contributed by atoms with Crippen LogP contribution in [0.5, 0.6) is 0 Å². The normalized spacial score (nSPS) is 16.4.